The van der Waals surface area contributed by atoms with Crippen molar-refractivity contribution in [3.05, 3.63) is 76.8 Å². The number of halogens is 1. The van der Waals surface area contributed by atoms with Gasteiger partial charge in [0.15, 0.2) is 0 Å². The Hall–Kier alpha value is -1.91. The predicted octanol–water partition coefficient (Wildman–Crippen LogP) is 4.96. The highest BCUT2D eigenvalue weighted by molar-refractivity contribution is 7.98. The standard InChI is InChI=1S/C20H22ClNO2S/c1-15(2)13-24-19-8-4-6-17(12-19)20(23)22-9-10-25-14-16-5-3-7-18(21)11-16/h3-8,11-12H,1,9-10,13-14H2,2H3,(H,22,23). The van der Waals surface area contributed by atoms with Gasteiger partial charge in [0.05, 0.1) is 0 Å². The topological polar surface area (TPSA) is 38.3 Å². The number of amides is 1. The van der Waals surface area contributed by atoms with Crippen LogP contribution in [0.3, 0.4) is 0 Å². The molecule has 2 rings (SSSR count). The summed E-state index contributed by atoms with van der Waals surface area (Å²) in [5.74, 6) is 2.29. The summed E-state index contributed by atoms with van der Waals surface area (Å²) in [6.07, 6.45) is 0. The van der Waals surface area contributed by atoms with Crippen LogP contribution in [0.1, 0.15) is 22.8 Å². The maximum absolute atomic E-state index is 12.2. The molecule has 0 bridgehead atoms. The van der Waals surface area contributed by atoms with Gasteiger partial charge in [-0.25, -0.2) is 0 Å². The summed E-state index contributed by atoms with van der Waals surface area (Å²) < 4.78 is 5.57. The number of hydrogen-bond donors (Lipinski definition) is 1. The summed E-state index contributed by atoms with van der Waals surface area (Å²) in [4.78, 5) is 12.2. The number of thioether (sulfide) groups is 1. The van der Waals surface area contributed by atoms with Crippen molar-refractivity contribution in [1.82, 2.24) is 5.32 Å². The molecule has 0 aliphatic carbocycles. The van der Waals surface area contributed by atoms with Gasteiger partial charge in [0, 0.05) is 28.6 Å². The molecule has 5 heteroatoms. The Morgan fingerprint density at radius 2 is 2.04 bits per heavy atom. The fourth-order valence-electron chi connectivity index (χ4n) is 2.09. The predicted molar refractivity (Wildman–Crippen MR) is 107 cm³/mol. The fraction of sp³-hybridized carbons (Fsp3) is 0.250. The molecule has 25 heavy (non-hydrogen) atoms. The van der Waals surface area contributed by atoms with Crippen molar-refractivity contribution in [3.63, 3.8) is 0 Å². The number of ether oxygens (including phenoxy) is 1. The molecule has 0 saturated carbocycles. The number of rotatable bonds is 9. The van der Waals surface area contributed by atoms with Crippen molar-refractivity contribution in [1.29, 1.82) is 0 Å². The number of hydrogen-bond acceptors (Lipinski definition) is 3. The number of carbonyl (C=O) groups excluding carboxylic acids is 1. The minimum atomic E-state index is -0.0934. The van der Waals surface area contributed by atoms with Gasteiger partial charge in [-0.05, 0) is 48.4 Å². The lowest BCUT2D eigenvalue weighted by Crippen LogP contribution is -2.25. The van der Waals surface area contributed by atoms with Crippen LogP contribution >= 0.6 is 23.4 Å². The van der Waals surface area contributed by atoms with Gasteiger partial charge in [0.2, 0.25) is 0 Å². The van der Waals surface area contributed by atoms with Crippen LogP contribution in [0, 0.1) is 0 Å². The second-order valence-corrected chi connectivity index (χ2v) is 7.25. The smallest absolute Gasteiger partial charge is 0.251 e. The summed E-state index contributed by atoms with van der Waals surface area (Å²) >= 11 is 7.72. The Balaban J connectivity index is 1.73. The van der Waals surface area contributed by atoms with Crippen molar-refractivity contribution in [2.24, 2.45) is 0 Å². The molecular weight excluding hydrogens is 354 g/mol. The Morgan fingerprint density at radius 3 is 2.80 bits per heavy atom. The Morgan fingerprint density at radius 1 is 1.24 bits per heavy atom. The number of benzene rings is 2. The van der Waals surface area contributed by atoms with Crippen LogP contribution in [-0.2, 0) is 5.75 Å². The third kappa shape index (κ3) is 7.24. The van der Waals surface area contributed by atoms with Gasteiger partial charge in [-0.1, -0.05) is 36.4 Å². The molecule has 2 aromatic carbocycles. The second-order valence-electron chi connectivity index (χ2n) is 5.71. The quantitative estimate of drug-likeness (QED) is 0.497. The molecule has 0 fully saturated rings. The van der Waals surface area contributed by atoms with E-state index in [9.17, 15) is 4.79 Å². The molecule has 0 atom stereocenters. The highest BCUT2D eigenvalue weighted by Gasteiger charge is 2.06. The van der Waals surface area contributed by atoms with E-state index in [1.807, 2.05) is 43.3 Å². The molecule has 0 saturated heterocycles. The second kappa shape index (κ2) is 10.2. The summed E-state index contributed by atoms with van der Waals surface area (Å²) in [5, 5.41) is 3.68. The average molecular weight is 376 g/mol. The molecule has 0 unspecified atom stereocenters. The van der Waals surface area contributed by atoms with Gasteiger partial charge in [-0.2, -0.15) is 11.8 Å². The monoisotopic (exact) mass is 375 g/mol. The maximum Gasteiger partial charge on any atom is 0.251 e. The van der Waals surface area contributed by atoms with Crippen LogP contribution in [0.15, 0.2) is 60.7 Å². The van der Waals surface area contributed by atoms with E-state index in [4.69, 9.17) is 16.3 Å². The van der Waals surface area contributed by atoms with E-state index in [0.717, 1.165) is 22.1 Å². The molecule has 0 radical (unpaired) electrons. The summed E-state index contributed by atoms with van der Waals surface area (Å²) in [7, 11) is 0. The first kappa shape index (κ1) is 19.4. The lowest BCUT2D eigenvalue weighted by atomic mass is 10.2. The van der Waals surface area contributed by atoms with E-state index in [1.165, 1.54) is 5.56 Å². The SMILES string of the molecule is C=C(C)COc1cccc(C(=O)NCCSCc2cccc(Cl)c2)c1. The molecule has 0 aliphatic rings. The van der Waals surface area contributed by atoms with E-state index in [2.05, 4.69) is 11.9 Å². The minimum Gasteiger partial charge on any atom is -0.489 e. The van der Waals surface area contributed by atoms with Crippen molar-refractivity contribution in [2.75, 3.05) is 18.9 Å². The number of carbonyl (C=O) groups is 1. The molecule has 0 aromatic heterocycles. The molecule has 0 aliphatic heterocycles. The molecular formula is C20H22ClNO2S. The summed E-state index contributed by atoms with van der Waals surface area (Å²) in [6.45, 7) is 6.76. The molecule has 1 N–H and O–H groups in total. The van der Waals surface area contributed by atoms with Crippen LogP contribution in [-0.4, -0.2) is 24.8 Å². The molecule has 0 heterocycles. The first-order valence-corrected chi connectivity index (χ1v) is 9.55. The first-order valence-electron chi connectivity index (χ1n) is 8.02. The van der Waals surface area contributed by atoms with Crippen molar-refractivity contribution in [3.8, 4) is 5.75 Å². The van der Waals surface area contributed by atoms with Gasteiger partial charge < -0.3 is 10.1 Å². The average Bonchev–Trinajstić information content (AvgIpc) is 2.60. The fourth-order valence-corrected chi connectivity index (χ4v) is 3.11. The lowest BCUT2D eigenvalue weighted by Gasteiger charge is -2.09. The summed E-state index contributed by atoms with van der Waals surface area (Å²) in [6, 6.07) is 15.0. The molecule has 0 spiro atoms. The number of nitrogens with one attached hydrogen (secondary N) is 1. The van der Waals surface area contributed by atoms with Crippen LogP contribution in [0.4, 0.5) is 0 Å². The molecule has 132 valence electrons. The van der Waals surface area contributed by atoms with Crippen LogP contribution in [0.5, 0.6) is 5.75 Å². The van der Waals surface area contributed by atoms with E-state index in [0.29, 0.717) is 24.5 Å². The zero-order valence-corrected chi connectivity index (χ0v) is 15.8. The van der Waals surface area contributed by atoms with Gasteiger partial charge in [0.25, 0.3) is 5.91 Å². The van der Waals surface area contributed by atoms with Gasteiger partial charge in [-0.15, -0.1) is 0 Å². The van der Waals surface area contributed by atoms with E-state index in [-0.39, 0.29) is 5.91 Å². The molecule has 1 amide bonds. The largest absolute Gasteiger partial charge is 0.489 e. The van der Waals surface area contributed by atoms with Crippen molar-refractivity contribution < 1.29 is 9.53 Å². The van der Waals surface area contributed by atoms with E-state index in [1.54, 1.807) is 23.9 Å². The third-order valence-electron chi connectivity index (χ3n) is 3.27. The van der Waals surface area contributed by atoms with Gasteiger partial charge >= 0.3 is 0 Å². The van der Waals surface area contributed by atoms with Crippen molar-refractivity contribution >= 4 is 29.3 Å². The lowest BCUT2D eigenvalue weighted by molar-refractivity contribution is 0.0956. The molecule has 3 nitrogen and oxygen atoms in total. The van der Waals surface area contributed by atoms with Crippen LogP contribution in [0.2, 0.25) is 5.02 Å². The van der Waals surface area contributed by atoms with Gasteiger partial charge in [-0.3, -0.25) is 4.79 Å². The maximum atomic E-state index is 12.2. The highest BCUT2D eigenvalue weighted by atomic mass is 35.5. The first-order chi connectivity index (χ1) is 12.0. The summed E-state index contributed by atoms with van der Waals surface area (Å²) in [5.41, 5.74) is 2.72. The minimum absolute atomic E-state index is 0.0934. The van der Waals surface area contributed by atoms with Crippen LogP contribution in [0.25, 0.3) is 0 Å². The zero-order chi connectivity index (χ0) is 18.1. The molecule has 2 aromatic rings. The van der Waals surface area contributed by atoms with Gasteiger partial charge in [0.1, 0.15) is 12.4 Å². The van der Waals surface area contributed by atoms with Crippen LogP contribution < -0.4 is 10.1 Å². The zero-order valence-electron chi connectivity index (χ0n) is 14.3. The Labute approximate surface area is 158 Å². The Kier molecular flexibility index (Phi) is 7.89. The normalized spacial score (nSPS) is 10.3. The third-order valence-corrected chi connectivity index (χ3v) is 4.54. The van der Waals surface area contributed by atoms with E-state index < -0.39 is 0 Å². The van der Waals surface area contributed by atoms with Crippen molar-refractivity contribution in [2.45, 2.75) is 12.7 Å². The Bertz CT molecular complexity index is 733. The highest BCUT2D eigenvalue weighted by Crippen LogP contribution is 2.16. The van der Waals surface area contributed by atoms with E-state index >= 15 is 0 Å².